The fourth-order valence-corrected chi connectivity index (χ4v) is 4.89. The van der Waals surface area contributed by atoms with Crippen molar-refractivity contribution in [3.63, 3.8) is 0 Å². The van der Waals surface area contributed by atoms with Crippen LogP contribution in [-0.2, 0) is 27.7 Å². The Morgan fingerprint density at radius 2 is 1.92 bits per heavy atom. The molecule has 1 atom stereocenters. The highest BCUT2D eigenvalue weighted by molar-refractivity contribution is 7.89. The number of amides is 1. The third kappa shape index (κ3) is 4.76. The van der Waals surface area contributed by atoms with Gasteiger partial charge in [0, 0.05) is 32.1 Å². The monoisotopic (exact) mass is 401 g/mol. The normalized spacial score (nSPS) is 19.7. The van der Waals surface area contributed by atoms with Gasteiger partial charge in [-0.1, -0.05) is 6.07 Å². The maximum absolute atomic E-state index is 12.5. The third-order valence-corrected chi connectivity index (χ3v) is 6.69. The van der Waals surface area contributed by atoms with E-state index in [-0.39, 0.29) is 37.3 Å². The van der Waals surface area contributed by atoms with Crippen LogP contribution in [0.15, 0.2) is 23.1 Å². The van der Waals surface area contributed by atoms with Crippen LogP contribution in [0.5, 0.6) is 0 Å². The van der Waals surface area contributed by atoms with Crippen LogP contribution in [0, 0.1) is 0 Å². The highest BCUT2D eigenvalue weighted by Gasteiger charge is 2.27. The fraction of sp³-hybridized carbons (Fsp3) is 0.611. The van der Waals surface area contributed by atoms with Crippen molar-refractivity contribution in [2.45, 2.75) is 55.9 Å². The van der Waals surface area contributed by atoms with Gasteiger partial charge >= 0.3 is 0 Å². The molecule has 26 heavy (non-hydrogen) atoms. The van der Waals surface area contributed by atoms with Gasteiger partial charge in [0.05, 0.1) is 4.90 Å². The first-order chi connectivity index (χ1) is 12.0. The molecule has 1 aromatic rings. The van der Waals surface area contributed by atoms with Gasteiger partial charge in [-0.2, -0.15) is 0 Å². The summed E-state index contributed by atoms with van der Waals surface area (Å²) in [7, 11) is -3.58. The van der Waals surface area contributed by atoms with Crippen LogP contribution in [0.3, 0.4) is 0 Å². The number of carbonyl (C=O) groups excluding carboxylic acids is 1. The lowest BCUT2D eigenvalue weighted by Gasteiger charge is -2.23. The van der Waals surface area contributed by atoms with E-state index in [0.717, 1.165) is 44.2 Å². The van der Waals surface area contributed by atoms with E-state index in [1.165, 1.54) is 12.0 Å². The number of nitrogens with two attached hydrogens (primary N) is 1. The number of fused-ring (bicyclic) bond motifs is 1. The lowest BCUT2D eigenvalue weighted by Crippen LogP contribution is -2.41. The molecule has 1 aliphatic carbocycles. The minimum Gasteiger partial charge on any atom is -0.338 e. The Kier molecular flexibility index (Phi) is 7.46. The summed E-state index contributed by atoms with van der Waals surface area (Å²) in [5, 5.41) is 0. The van der Waals surface area contributed by atoms with E-state index in [0.29, 0.717) is 11.4 Å². The van der Waals surface area contributed by atoms with Crippen LogP contribution in [0.4, 0.5) is 0 Å². The van der Waals surface area contributed by atoms with E-state index in [1.54, 1.807) is 17.0 Å². The first kappa shape index (κ1) is 21.2. The molecule has 2 aliphatic rings. The molecule has 1 unspecified atom stereocenters. The second kappa shape index (κ2) is 9.17. The van der Waals surface area contributed by atoms with Gasteiger partial charge in [0.15, 0.2) is 0 Å². The minimum absolute atomic E-state index is 0. The quantitative estimate of drug-likeness (QED) is 0.757. The number of halogens is 1. The predicted octanol–water partition coefficient (Wildman–Crippen LogP) is 1.61. The maximum Gasteiger partial charge on any atom is 0.240 e. The summed E-state index contributed by atoms with van der Waals surface area (Å²) in [5.74, 6) is -0.0268. The number of nitrogens with one attached hydrogen (secondary N) is 1. The van der Waals surface area contributed by atoms with E-state index in [4.69, 9.17) is 5.73 Å². The molecule has 1 aliphatic heterocycles. The van der Waals surface area contributed by atoms with Crippen molar-refractivity contribution in [3.05, 3.63) is 29.3 Å². The molecule has 8 heteroatoms. The zero-order valence-electron chi connectivity index (χ0n) is 14.9. The van der Waals surface area contributed by atoms with Crippen molar-refractivity contribution >= 4 is 28.3 Å². The van der Waals surface area contributed by atoms with Crippen molar-refractivity contribution in [1.29, 1.82) is 0 Å². The number of sulfonamides is 1. The van der Waals surface area contributed by atoms with Crippen molar-refractivity contribution < 1.29 is 13.2 Å². The summed E-state index contributed by atoms with van der Waals surface area (Å²) in [6.07, 6.45) is 6.30. The van der Waals surface area contributed by atoms with E-state index < -0.39 is 10.0 Å². The van der Waals surface area contributed by atoms with Gasteiger partial charge in [-0.3, -0.25) is 4.79 Å². The average molecular weight is 402 g/mol. The number of rotatable bonds is 6. The molecule has 0 spiro atoms. The zero-order chi connectivity index (χ0) is 17.9. The molecule has 0 bridgehead atoms. The standard InChI is InChI=1S/C18H27N3O3S.ClH/c19-13-16-6-3-11-21(16)18(22)9-10-20-25(23,24)17-8-7-14-4-1-2-5-15(14)12-17;/h7-8,12,16,20H,1-6,9-11,13,19H2;1H. The molecule has 0 aromatic heterocycles. The van der Waals surface area contributed by atoms with Gasteiger partial charge in [0.2, 0.25) is 15.9 Å². The van der Waals surface area contributed by atoms with E-state index in [2.05, 4.69) is 4.72 Å². The highest BCUT2D eigenvalue weighted by atomic mass is 35.5. The molecule has 146 valence electrons. The second-order valence-corrected chi connectivity index (χ2v) is 8.67. The van der Waals surface area contributed by atoms with Crippen molar-refractivity contribution in [2.75, 3.05) is 19.6 Å². The Hall–Kier alpha value is -1.15. The fourth-order valence-electron chi connectivity index (χ4n) is 3.81. The SMILES string of the molecule is Cl.NCC1CCCN1C(=O)CCNS(=O)(=O)c1ccc2c(c1)CCCC2. The molecular weight excluding hydrogens is 374 g/mol. The van der Waals surface area contributed by atoms with Gasteiger partial charge in [-0.25, -0.2) is 13.1 Å². The van der Waals surface area contributed by atoms with Gasteiger partial charge < -0.3 is 10.6 Å². The van der Waals surface area contributed by atoms with Gasteiger partial charge in [0.25, 0.3) is 0 Å². The maximum atomic E-state index is 12.5. The summed E-state index contributed by atoms with van der Waals surface area (Å²) < 4.78 is 27.5. The van der Waals surface area contributed by atoms with Crippen LogP contribution in [0.1, 0.15) is 43.2 Å². The number of nitrogens with zero attached hydrogens (tertiary/aromatic N) is 1. The first-order valence-corrected chi connectivity index (χ1v) is 10.6. The largest absolute Gasteiger partial charge is 0.338 e. The lowest BCUT2D eigenvalue weighted by molar-refractivity contribution is -0.131. The van der Waals surface area contributed by atoms with Crippen LogP contribution in [0.25, 0.3) is 0 Å². The second-order valence-electron chi connectivity index (χ2n) is 6.90. The number of hydrogen-bond acceptors (Lipinski definition) is 4. The summed E-state index contributed by atoms with van der Waals surface area (Å²) in [6, 6.07) is 5.47. The Labute approximate surface area is 162 Å². The molecule has 1 aromatic carbocycles. The molecular formula is C18H28ClN3O3S. The van der Waals surface area contributed by atoms with Crippen LogP contribution in [0.2, 0.25) is 0 Å². The van der Waals surface area contributed by atoms with Crippen molar-refractivity contribution in [2.24, 2.45) is 5.73 Å². The summed E-state index contributed by atoms with van der Waals surface area (Å²) in [6.45, 7) is 1.30. The van der Waals surface area contributed by atoms with Crippen molar-refractivity contribution in [3.8, 4) is 0 Å². The minimum atomic E-state index is -3.58. The predicted molar refractivity (Wildman–Crippen MR) is 104 cm³/mol. The molecule has 0 radical (unpaired) electrons. The van der Waals surface area contributed by atoms with Gasteiger partial charge in [-0.05, 0) is 61.8 Å². The molecule has 3 rings (SSSR count). The van der Waals surface area contributed by atoms with Crippen molar-refractivity contribution in [1.82, 2.24) is 9.62 Å². The number of carbonyl (C=O) groups is 1. The Morgan fingerprint density at radius 1 is 1.19 bits per heavy atom. The van der Waals surface area contributed by atoms with Gasteiger partial charge in [-0.15, -0.1) is 12.4 Å². The summed E-state index contributed by atoms with van der Waals surface area (Å²) in [4.78, 5) is 14.3. The number of likely N-dealkylation sites (tertiary alicyclic amines) is 1. The van der Waals surface area contributed by atoms with E-state index in [1.807, 2.05) is 6.07 Å². The molecule has 1 fully saturated rings. The number of hydrogen-bond donors (Lipinski definition) is 2. The van der Waals surface area contributed by atoms with E-state index in [9.17, 15) is 13.2 Å². The third-order valence-electron chi connectivity index (χ3n) is 5.23. The van der Waals surface area contributed by atoms with Gasteiger partial charge in [0.1, 0.15) is 0 Å². The Balaban J connectivity index is 0.00000243. The molecule has 1 heterocycles. The number of benzene rings is 1. The Bertz CT molecular complexity index is 739. The van der Waals surface area contributed by atoms with Crippen LogP contribution < -0.4 is 10.5 Å². The molecule has 3 N–H and O–H groups in total. The summed E-state index contributed by atoms with van der Waals surface area (Å²) >= 11 is 0. The lowest BCUT2D eigenvalue weighted by atomic mass is 9.92. The molecule has 1 amide bonds. The highest BCUT2D eigenvalue weighted by Crippen LogP contribution is 2.24. The van der Waals surface area contributed by atoms with Crippen LogP contribution in [-0.4, -0.2) is 44.9 Å². The molecule has 6 nitrogen and oxygen atoms in total. The Morgan fingerprint density at radius 3 is 2.65 bits per heavy atom. The van der Waals surface area contributed by atoms with Crippen LogP contribution >= 0.6 is 12.4 Å². The number of aryl methyl sites for hydroxylation is 2. The summed E-state index contributed by atoms with van der Waals surface area (Å²) in [5.41, 5.74) is 8.07. The molecule has 1 saturated heterocycles. The zero-order valence-corrected chi connectivity index (χ0v) is 16.6. The smallest absolute Gasteiger partial charge is 0.240 e. The first-order valence-electron chi connectivity index (χ1n) is 9.12. The molecule has 0 saturated carbocycles. The van der Waals surface area contributed by atoms with E-state index >= 15 is 0 Å². The average Bonchev–Trinajstić information content (AvgIpc) is 3.10. The topological polar surface area (TPSA) is 92.5 Å².